The van der Waals surface area contributed by atoms with Gasteiger partial charge < -0.3 is 14.5 Å². The predicted octanol–water partition coefficient (Wildman–Crippen LogP) is 3.26. The first kappa shape index (κ1) is 16.1. The molecule has 0 aromatic heterocycles. The highest BCUT2D eigenvalue weighted by molar-refractivity contribution is 14.1. The second kappa shape index (κ2) is 7.21. The Morgan fingerprint density at radius 1 is 1.04 bits per heavy atom. The minimum Gasteiger partial charge on any atom is -0.497 e. The smallest absolute Gasteiger partial charge is 0.254 e. The molecule has 23 heavy (non-hydrogen) atoms. The lowest BCUT2D eigenvalue weighted by atomic mass is 10.1. The zero-order valence-electron chi connectivity index (χ0n) is 13.0. The zero-order valence-corrected chi connectivity index (χ0v) is 15.2. The van der Waals surface area contributed by atoms with E-state index in [1.807, 2.05) is 41.3 Å². The maximum absolute atomic E-state index is 12.6. The van der Waals surface area contributed by atoms with Gasteiger partial charge in [-0.1, -0.05) is 6.07 Å². The van der Waals surface area contributed by atoms with Crippen LogP contribution >= 0.6 is 22.6 Å². The molecule has 1 heterocycles. The number of piperazine rings is 1. The Bertz CT molecular complexity index is 680. The number of nitrogens with zero attached hydrogens (tertiary/aromatic N) is 2. The van der Waals surface area contributed by atoms with Crippen LogP contribution in [0.1, 0.15) is 10.4 Å². The van der Waals surface area contributed by atoms with Gasteiger partial charge in [-0.3, -0.25) is 4.79 Å². The van der Waals surface area contributed by atoms with Gasteiger partial charge >= 0.3 is 0 Å². The van der Waals surface area contributed by atoms with E-state index in [0.717, 1.165) is 41.1 Å². The highest BCUT2D eigenvalue weighted by Crippen LogP contribution is 2.21. The van der Waals surface area contributed by atoms with Gasteiger partial charge in [0.05, 0.1) is 7.11 Å². The molecular formula is C18H19IN2O2. The number of hydrogen-bond acceptors (Lipinski definition) is 3. The number of ether oxygens (including phenoxy) is 1. The van der Waals surface area contributed by atoms with Gasteiger partial charge in [0.15, 0.2) is 0 Å². The third-order valence-corrected chi connectivity index (χ3v) is 4.75. The molecule has 0 aliphatic carbocycles. The molecule has 0 bridgehead atoms. The Hall–Kier alpha value is -1.76. The highest BCUT2D eigenvalue weighted by Gasteiger charge is 2.22. The van der Waals surface area contributed by atoms with Gasteiger partial charge in [-0.05, 0) is 65.1 Å². The Kier molecular flexibility index (Phi) is 5.05. The van der Waals surface area contributed by atoms with Crippen LogP contribution in [-0.4, -0.2) is 44.1 Å². The summed E-state index contributed by atoms with van der Waals surface area (Å²) in [5.74, 6) is 0.985. The molecule has 1 fully saturated rings. The van der Waals surface area contributed by atoms with Crippen molar-refractivity contribution in [1.82, 2.24) is 4.90 Å². The van der Waals surface area contributed by atoms with Crippen LogP contribution in [0.5, 0.6) is 5.75 Å². The van der Waals surface area contributed by atoms with Crippen molar-refractivity contribution in [3.05, 3.63) is 57.7 Å². The van der Waals surface area contributed by atoms with Crippen LogP contribution in [-0.2, 0) is 0 Å². The van der Waals surface area contributed by atoms with Crippen molar-refractivity contribution in [2.75, 3.05) is 38.2 Å². The van der Waals surface area contributed by atoms with Crippen LogP contribution in [0.3, 0.4) is 0 Å². The van der Waals surface area contributed by atoms with E-state index < -0.39 is 0 Å². The number of hydrogen-bond donors (Lipinski definition) is 0. The van der Waals surface area contributed by atoms with Gasteiger partial charge in [0, 0.05) is 41.0 Å². The lowest BCUT2D eigenvalue weighted by Crippen LogP contribution is -2.48. The molecule has 0 radical (unpaired) electrons. The van der Waals surface area contributed by atoms with Crippen molar-refractivity contribution in [3.63, 3.8) is 0 Å². The summed E-state index contributed by atoms with van der Waals surface area (Å²) in [6.07, 6.45) is 0. The van der Waals surface area contributed by atoms with E-state index in [4.69, 9.17) is 4.74 Å². The van der Waals surface area contributed by atoms with Crippen molar-refractivity contribution in [1.29, 1.82) is 0 Å². The number of rotatable bonds is 3. The molecule has 4 nitrogen and oxygen atoms in total. The van der Waals surface area contributed by atoms with Crippen molar-refractivity contribution in [3.8, 4) is 5.75 Å². The fourth-order valence-corrected chi connectivity index (χ4v) is 3.31. The molecule has 0 atom stereocenters. The van der Waals surface area contributed by atoms with E-state index in [2.05, 4.69) is 39.6 Å². The number of halogens is 1. The molecule has 1 amide bonds. The highest BCUT2D eigenvalue weighted by atomic mass is 127. The molecule has 5 heteroatoms. The quantitative estimate of drug-likeness (QED) is 0.713. The number of amides is 1. The molecule has 1 aliphatic rings. The van der Waals surface area contributed by atoms with Gasteiger partial charge in [-0.15, -0.1) is 0 Å². The van der Waals surface area contributed by atoms with Crippen LogP contribution in [0, 0.1) is 3.57 Å². The summed E-state index contributed by atoms with van der Waals surface area (Å²) in [4.78, 5) is 16.8. The van der Waals surface area contributed by atoms with E-state index in [9.17, 15) is 4.79 Å². The first-order chi connectivity index (χ1) is 11.2. The van der Waals surface area contributed by atoms with Crippen LogP contribution in [0.2, 0.25) is 0 Å². The molecule has 1 saturated heterocycles. The molecule has 1 aliphatic heterocycles. The summed E-state index contributed by atoms with van der Waals surface area (Å²) >= 11 is 2.24. The average Bonchev–Trinajstić information content (AvgIpc) is 2.61. The summed E-state index contributed by atoms with van der Waals surface area (Å²) in [7, 11) is 1.67. The lowest BCUT2D eigenvalue weighted by Gasteiger charge is -2.36. The van der Waals surface area contributed by atoms with E-state index in [-0.39, 0.29) is 5.91 Å². The summed E-state index contributed by atoms with van der Waals surface area (Å²) in [5.41, 5.74) is 1.95. The Labute approximate surface area is 150 Å². The number of benzene rings is 2. The molecule has 3 rings (SSSR count). The normalized spacial score (nSPS) is 14.7. The Morgan fingerprint density at radius 2 is 1.74 bits per heavy atom. The van der Waals surface area contributed by atoms with Crippen LogP contribution in [0.15, 0.2) is 48.5 Å². The van der Waals surface area contributed by atoms with E-state index in [0.29, 0.717) is 0 Å². The van der Waals surface area contributed by atoms with E-state index in [1.54, 1.807) is 7.11 Å². The molecule has 2 aromatic carbocycles. The standard InChI is InChI=1S/C18H19IN2O2/c1-23-17-7-5-16(6-8-17)20-9-11-21(12-10-20)18(22)14-3-2-4-15(19)13-14/h2-8,13H,9-12H2,1H3. The largest absolute Gasteiger partial charge is 0.497 e. The number of carbonyl (C=O) groups is 1. The monoisotopic (exact) mass is 422 g/mol. The molecular weight excluding hydrogens is 403 g/mol. The fourth-order valence-electron chi connectivity index (χ4n) is 2.76. The molecule has 2 aromatic rings. The van der Waals surface area contributed by atoms with Crippen LogP contribution < -0.4 is 9.64 Å². The summed E-state index contributed by atoms with van der Waals surface area (Å²) in [6, 6.07) is 15.8. The van der Waals surface area contributed by atoms with Crippen molar-refractivity contribution < 1.29 is 9.53 Å². The van der Waals surface area contributed by atoms with Gasteiger partial charge in [0.2, 0.25) is 0 Å². The molecule has 0 N–H and O–H groups in total. The van der Waals surface area contributed by atoms with Gasteiger partial charge in [0.1, 0.15) is 5.75 Å². The first-order valence-electron chi connectivity index (χ1n) is 7.61. The lowest BCUT2D eigenvalue weighted by molar-refractivity contribution is 0.0746. The van der Waals surface area contributed by atoms with Crippen LogP contribution in [0.4, 0.5) is 5.69 Å². The molecule has 0 spiro atoms. The second-order valence-corrected chi connectivity index (χ2v) is 6.73. The fraction of sp³-hybridized carbons (Fsp3) is 0.278. The van der Waals surface area contributed by atoms with Crippen molar-refractivity contribution in [2.24, 2.45) is 0 Å². The minimum absolute atomic E-state index is 0.123. The molecule has 0 saturated carbocycles. The molecule has 120 valence electrons. The predicted molar refractivity (Wildman–Crippen MR) is 100 cm³/mol. The Balaban J connectivity index is 1.62. The van der Waals surface area contributed by atoms with Crippen molar-refractivity contribution in [2.45, 2.75) is 0 Å². The maximum Gasteiger partial charge on any atom is 0.254 e. The third-order valence-electron chi connectivity index (χ3n) is 4.08. The number of methoxy groups -OCH3 is 1. The van der Waals surface area contributed by atoms with E-state index in [1.165, 1.54) is 5.69 Å². The zero-order chi connectivity index (χ0) is 16.2. The molecule has 0 unspecified atom stereocenters. The van der Waals surface area contributed by atoms with Gasteiger partial charge in [-0.2, -0.15) is 0 Å². The summed E-state index contributed by atoms with van der Waals surface area (Å²) in [5, 5.41) is 0. The van der Waals surface area contributed by atoms with Gasteiger partial charge in [0.25, 0.3) is 5.91 Å². The number of anilines is 1. The minimum atomic E-state index is 0.123. The third kappa shape index (κ3) is 3.77. The second-order valence-electron chi connectivity index (χ2n) is 5.49. The number of carbonyl (C=O) groups excluding carboxylic acids is 1. The first-order valence-corrected chi connectivity index (χ1v) is 8.69. The maximum atomic E-state index is 12.6. The van der Waals surface area contributed by atoms with Crippen LogP contribution in [0.25, 0.3) is 0 Å². The summed E-state index contributed by atoms with van der Waals surface area (Å²) in [6.45, 7) is 3.19. The SMILES string of the molecule is COc1ccc(N2CCN(C(=O)c3cccc(I)c3)CC2)cc1. The van der Waals surface area contributed by atoms with Crippen molar-refractivity contribution >= 4 is 34.2 Å². The van der Waals surface area contributed by atoms with Gasteiger partial charge in [-0.25, -0.2) is 0 Å². The summed E-state index contributed by atoms with van der Waals surface area (Å²) < 4.78 is 6.28. The Morgan fingerprint density at radius 3 is 2.35 bits per heavy atom. The topological polar surface area (TPSA) is 32.8 Å². The van der Waals surface area contributed by atoms with E-state index >= 15 is 0 Å². The average molecular weight is 422 g/mol.